The van der Waals surface area contributed by atoms with Crippen molar-refractivity contribution in [2.75, 3.05) is 51.9 Å². The predicted molar refractivity (Wildman–Crippen MR) is 128 cm³/mol. The van der Waals surface area contributed by atoms with Crippen molar-refractivity contribution >= 4 is 39.8 Å². The molecule has 1 N–H and O–H groups in total. The van der Waals surface area contributed by atoms with Crippen LogP contribution in [0.2, 0.25) is 0 Å². The molecule has 1 aliphatic rings. The first kappa shape index (κ1) is 30.8. The molecule has 0 aromatic heterocycles. The van der Waals surface area contributed by atoms with Crippen molar-refractivity contribution in [1.82, 2.24) is 10.2 Å². The van der Waals surface area contributed by atoms with Gasteiger partial charge in [-0.2, -0.15) is 9.59 Å². The Morgan fingerprint density at radius 2 is 1.62 bits per heavy atom. The molecular formula is C22H40N2O6S2. The van der Waals surface area contributed by atoms with Crippen molar-refractivity contribution in [2.45, 2.75) is 64.7 Å². The third-order valence-corrected chi connectivity index (χ3v) is 7.53. The van der Waals surface area contributed by atoms with Crippen LogP contribution >= 0.6 is 21.6 Å². The number of alkyl carbamates (subject to hydrolysis) is 1. The summed E-state index contributed by atoms with van der Waals surface area (Å²) in [5.74, 6) is 1.35. The van der Waals surface area contributed by atoms with E-state index in [1.165, 1.54) is 38.5 Å². The predicted octanol–water partition coefficient (Wildman–Crippen LogP) is 4.15. The maximum atomic E-state index is 12.0. The lowest BCUT2D eigenvalue weighted by Crippen LogP contribution is -2.39. The van der Waals surface area contributed by atoms with Gasteiger partial charge in [-0.3, -0.25) is 4.79 Å². The summed E-state index contributed by atoms with van der Waals surface area (Å²) >= 11 is 0. The van der Waals surface area contributed by atoms with Crippen LogP contribution in [0.1, 0.15) is 64.7 Å². The third-order valence-electron chi connectivity index (χ3n) is 5.20. The Labute approximate surface area is 200 Å². The van der Waals surface area contributed by atoms with Gasteiger partial charge in [0.1, 0.15) is 13.2 Å². The molecule has 1 fully saturated rings. The minimum atomic E-state index is -0.302. The molecule has 0 aliphatic heterocycles. The molecule has 0 aromatic rings. The normalized spacial score (nSPS) is 14.6. The van der Waals surface area contributed by atoms with Gasteiger partial charge in [0.15, 0.2) is 0 Å². The molecule has 186 valence electrons. The van der Waals surface area contributed by atoms with Gasteiger partial charge in [-0.15, -0.1) is 0 Å². The summed E-state index contributed by atoms with van der Waals surface area (Å²) in [7, 11) is 7.26. The van der Waals surface area contributed by atoms with Gasteiger partial charge >= 0.3 is 18.2 Å². The lowest BCUT2D eigenvalue weighted by molar-refractivity contribution is -0.191. The summed E-state index contributed by atoms with van der Waals surface area (Å²) in [6, 6.07) is 0. The first-order valence-corrected chi connectivity index (χ1v) is 13.8. The Morgan fingerprint density at radius 3 is 2.19 bits per heavy atom. The van der Waals surface area contributed by atoms with Crippen LogP contribution in [0.4, 0.5) is 4.79 Å². The molecule has 0 unspecified atom stereocenters. The van der Waals surface area contributed by atoms with Gasteiger partial charge in [0.25, 0.3) is 0 Å². The van der Waals surface area contributed by atoms with Crippen molar-refractivity contribution in [3.8, 4) is 0 Å². The Morgan fingerprint density at radius 1 is 1.03 bits per heavy atom. The zero-order chi connectivity index (χ0) is 24.1. The van der Waals surface area contributed by atoms with E-state index in [0.29, 0.717) is 19.6 Å². The van der Waals surface area contributed by atoms with Crippen molar-refractivity contribution in [3.63, 3.8) is 0 Å². The second-order valence-electron chi connectivity index (χ2n) is 8.15. The third kappa shape index (κ3) is 17.3. The standard InChI is InChI=1S/C21H40N2O4S2.CO2/c1-4-10-21(11-6-5-7-12-21)18-22-20(25)27-15-17-29-28-16-14-26-19(24)9-8-13-23(2)3;2-1-3/h4-18H2,1-3H3,(H,22,25);. The van der Waals surface area contributed by atoms with Gasteiger partial charge in [0.05, 0.1) is 0 Å². The minimum Gasteiger partial charge on any atom is -0.465 e. The van der Waals surface area contributed by atoms with Gasteiger partial charge in [0.2, 0.25) is 0 Å². The first-order chi connectivity index (χ1) is 15.4. The smallest absolute Gasteiger partial charge is 0.407 e. The van der Waals surface area contributed by atoms with Crippen LogP contribution in [-0.2, 0) is 23.9 Å². The van der Waals surface area contributed by atoms with E-state index in [-0.39, 0.29) is 23.6 Å². The fraction of sp³-hybridized carbons (Fsp3) is 0.864. The Balaban J connectivity index is 0.00000302. The molecule has 8 nitrogen and oxygen atoms in total. The summed E-state index contributed by atoms with van der Waals surface area (Å²) in [5.41, 5.74) is 0.278. The molecule has 32 heavy (non-hydrogen) atoms. The van der Waals surface area contributed by atoms with Crippen LogP contribution < -0.4 is 5.32 Å². The molecule has 0 atom stereocenters. The van der Waals surface area contributed by atoms with Crippen LogP contribution in [-0.4, -0.2) is 75.0 Å². The number of nitrogens with one attached hydrogen (secondary N) is 1. The number of carbonyl (C=O) groups is 2. The number of nitrogens with zero attached hydrogens (tertiary/aromatic N) is 1. The van der Waals surface area contributed by atoms with Gasteiger partial charge in [-0.25, -0.2) is 4.79 Å². The molecule has 1 aliphatic carbocycles. The average molecular weight is 493 g/mol. The molecular weight excluding hydrogens is 452 g/mol. The van der Waals surface area contributed by atoms with Crippen molar-refractivity contribution in [3.05, 3.63) is 0 Å². The van der Waals surface area contributed by atoms with Crippen LogP contribution in [0.5, 0.6) is 0 Å². The maximum Gasteiger partial charge on any atom is 0.407 e. The van der Waals surface area contributed by atoms with Gasteiger partial charge < -0.3 is 19.7 Å². The SMILES string of the molecule is CCCC1(CNC(=O)OCCSSCCOC(=O)CCCN(C)C)CCCCC1.O=C=O. The van der Waals surface area contributed by atoms with E-state index in [2.05, 4.69) is 17.1 Å². The summed E-state index contributed by atoms with van der Waals surface area (Å²) in [4.78, 5) is 41.8. The second kappa shape index (κ2) is 20.4. The lowest BCUT2D eigenvalue weighted by Gasteiger charge is -2.37. The molecule has 0 saturated heterocycles. The highest BCUT2D eigenvalue weighted by molar-refractivity contribution is 8.76. The molecule has 0 heterocycles. The van der Waals surface area contributed by atoms with Crippen molar-refractivity contribution in [1.29, 1.82) is 0 Å². The first-order valence-electron chi connectivity index (χ1n) is 11.3. The zero-order valence-corrected chi connectivity index (χ0v) is 21.5. The number of hydrogen-bond donors (Lipinski definition) is 1. The van der Waals surface area contributed by atoms with E-state index in [4.69, 9.17) is 19.1 Å². The fourth-order valence-corrected chi connectivity index (χ4v) is 5.40. The fourth-order valence-electron chi connectivity index (χ4n) is 3.75. The number of carbonyl (C=O) groups excluding carboxylic acids is 4. The Bertz CT molecular complexity index is 531. The van der Waals surface area contributed by atoms with Gasteiger partial charge in [-0.05, 0) is 51.7 Å². The number of amides is 1. The molecule has 0 radical (unpaired) electrons. The quantitative estimate of drug-likeness (QED) is 0.205. The minimum absolute atomic E-state index is 0.128. The molecule has 0 aromatic carbocycles. The van der Waals surface area contributed by atoms with Crippen LogP contribution in [0.15, 0.2) is 0 Å². The van der Waals surface area contributed by atoms with Crippen molar-refractivity contribution in [2.24, 2.45) is 5.41 Å². The zero-order valence-electron chi connectivity index (χ0n) is 19.8. The lowest BCUT2D eigenvalue weighted by atomic mass is 9.71. The van der Waals surface area contributed by atoms with Crippen LogP contribution in [0.25, 0.3) is 0 Å². The number of ether oxygens (including phenoxy) is 2. The monoisotopic (exact) mass is 492 g/mol. The molecule has 10 heteroatoms. The number of esters is 1. The van der Waals surface area contributed by atoms with Gasteiger partial charge in [0, 0.05) is 24.5 Å². The molecule has 1 saturated carbocycles. The molecule has 1 rings (SSSR count). The summed E-state index contributed by atoms with van der Waals surface area (Å²) < 4.78 is 10.5. The summed E-state index contributed by atoms with van der Waals surface area (Å²) in [6.07, 6.45) is 9.89. The van der Waals surface area contributed by atoms with Crippen LogP contribution in [0.3, 0.4) is 0 Å². The largest absolute Gasteiger partial charge is 0.465 e. The van der Waals surface area contributed by atoms with E-state index in [1.54, 1.807) is 21.6 Å². The number of hydrogen-bond acceptors (Lipinski definition) is 9. The Hall–Kier alpha value is -1.22. The van der Waals surface area contributed by atoms with Gasteiger partial charge in [-0.1, -0.05) is 54.2 Å². The molecule has 1 amide bonds. The Kier molecular flexibility index (Phi) is 19.6. The summed E-state index contributed by atoms with van der Waals surface area (Å²) in [5, 5.41) is 2.99. The van der Waals surface area contributed by atoms with E-state index >= 15 is 0 Å². The highest BCUT2D eigenvalue weighted by atomic mass is 33.1. The molecule has 0 spiro atoms. The maximum absolute atomic E-state index is 12.0. The average Bonchev–Trinajstić information content (AvgIpc) is 2.75. The van der Waals surface area contributed by atoms with E-state index in [9.17, 15) is 9.59 Å². The second-order valence-corrected chi connectivity index (χ2v) is 10.9. The summed E-state index contributed by atoms with van der Waals surface area (Å²) in [6.45, 7) is 4.68. The highest BCUT2D eigenvalue weighted by Gasteiger charge is 2.31. The number of rotatable bonds is 15. The van der Waals surface area contributed by atoms with Crippen LogP contribution in [0, 0.1) is 5.41 Å². The molecule has 0 bridgehead atoms. The highest BCUT2D eigenvalue weighted by Crippen LogP contribution is 2.39. The van der Waals surface area contributed by atoms with E-state index in [1.807, 2.05) is 14.1 Å². The van der Waals surface area contributed by atoms with Crippen molar-refractivity contribution < 1.29 is 28.7 Å². The topological polar surface area (TPSA) is 102 Å². The van der Waals surface area contributed by atoms with E-state index < -0.39 is 0 Å². The van der Waals surface area contributed by atoms with E-state index in [0.717, 1.165) is 37.4 Å².